The first-order valence-electron chi connectivity index (χ1n) is 9.06. The maximum absolute atomic E-state index is 4.32. The highest BCUT2D eigenvalue weighted by molar-refractivity contribution is 9.10. The molecule has 0 amide bonds. The van der Waals surface area contributed by atoms with Gasteiger partial charge in [0.2, 0.25) is 0 Å². The fourth-order valence-electron chi connectivity index (χ4n) is 3.59. The Balaban J connectivity index is 1.54. The summed E-state index contributed by atoms with van der Waals surface area (Å²) in [4.78, 5) is 0. The van der Waals surface area contributed by atoms with Gasteiger partial charge in [-0.2, -0.15) is 5.10 Å². The van der Waals surface area contributed by atoms with E-state index in [-0.39, 0.29) is 0 Å². The summed E-state index contributed by atoms with van der Waals surface area (Å²) in [5.74, 6) is 0. The van der Waals surface area contributed by atoms with E-state index in [0.717, 1.165) is 30.7 Å². The molecule has 5 heteroatoms. The van der Waals surface area contributed by atoms with Crippen LogP contribution in [0.2, 0.25) is 0 Å². The maximum Gasteiger partial charge on any atom is 0.0534 e. The molecule has 0 aliphatic rings. The number of rotatable bonds is 6. The van der Waals surface area contributed by atoms with Crippen LogP contribution in [0.15, 0.2) is 53.3 Å². The third-order valence-electron chi connectivity index (χ3n) is 4.82. The average Bonchev–Trinajstić information content (AvgIpc) is 3.18. The molecular weight excluding hydrogens is 388 g/mol. The van der Waals surface area contributed by atoms with Gasteiger partial charge >= 0.3 is 0 Å². The number of aryl methyl sites for hydroxylation is 2. The molecule has 4 rings (SSSR count). The molecule has 0 atom stereocenters. The van der Waals surface area contributed by atoms with E-state index < -0.39 is 0 Å². The van der Waals surface area contributed by atoms with E-state index in [4.69, 9.17) is 0 Å². The normalized spacial score (nSPS) is 11.7. The summed E-state index contributed by atoms with van der Waals surface area (Å²) >= 11 is 3.60. The lowest BCUT2D eigenvalue weighted by molar-refractivity contribution is 0.555. The van der Waals surface area contributed by atoms with E-state index >= 15 is 0 Å². The third kappa shape index (κ3) is 3.29. The molecule has 0 saturated carbocycles. The minimum atomic E-state index is 0.867. The monoisotopic (exact) mass is 410 g/mol. The van der Waals surface area contributed by atoms with Crippen molar-refractivity contribution in [1.82, 2.24) is 19.7 Å². The molecule has 26 heavy (non-hydrogen) atoms. The number of nitrogens with one attached hydrogen (secondary N) is 1. The highest BCUT2D eigenvalue weighted by Gasteiger charge is 2.10. The molecule has 2 heterocycles. The van der Waals surface area contributed by atoms with Gasteiger partial charge in [0.1, 0.15) is 0 Å². The lowest BCUT2D eigenvalue weighted by Gasteiger charge is -2.07. The van der Waals surface area contributed by atoms with Gasteiger partial charge in [0.25, 0.3) is 0 Å². The lowest BCUT2D eigenvalue weighted by atomic mass is 10.1. The first-order chi connectivity index (χ1) is 12.7. The first kappa shape index (κ1) is 17.3. The third-order valence-corrected chi connectivity index (χ3v) is 5.31. The second-order valence-electron chi connectivity index (χ2n) is 6.71. The lowest BCUT2D eigenvalue weighted by Crippen LogP contribution is -2.19. The quantitative estimate of drug-likeness (QED) is 0.460. The largest absolute Gasteiger partial charge is 0.341 e. The van der Waals surface area contributed by atoms with Crippen LogP contribution in [-0.2, 0) is 19.6 Å². The number of fused-ring (bicyclic) bond motifs is 3. The van der Waals surface area contributed by atoms with Gasteiger partial charge in [-0.25, -0.2) is 0 Å². The van der Waals surface area contributed by atoms with Crippen molar-refractivity contribution >= 4 is 37.7 Å². The van der Waals surface area contributed by atoms with E-state index in [1.54, 1.807) is 0 Å². The molecule has 0 aliphatic carbocycles. The van der Waals surface area contributed by atoms with Crippen molar-refractivity contribution in [3.63, 3.8) is 0 Å². The predicted molar refractivity (Wildman–Crippen MR) is 111 cm³/mol. The molecule has 0 aliphatic heterocycles. The molecule has 2 aromatic carbocycles. The predicted octanol–water partition coefficient (Wildman–Crippen LogP) is 4.87. The highest BCUT2D eigenvalue weighted by Crippen LogP contribution is 2.31. The van der Waals surface area contributed by atoms with Crippen molar-refractivity contribution in [2.75, 3.05) is 6.54 Å². The van der Waals surface area contributed by atoms with Crippen molar-refractivity contribution in [1.29, 1.82) is 0 Å². The van der Waals surface area contributed by atoms with Gasteiger partial charge in [0.05, 0.1) is 18.3 Å². The zero-order valence-corrected chi connectivity index (χ0v) is 16.8. The molecule has 4 nitrogen and oxygen atoms in total. The minimum absolute atomic E-state index is 0.867. The molecule has 134 valence electrons. The van der Waals surface area contributed by atoms with E-state index in [1.807, 2.05) is 10.9 Å². The maximum atomic E-state index is 4.32. The second-order valence-corrected chi connectivity index (χ2v) is 7.63. The van der Waals surface area contributed by atoms with Crippen LogP contribution >= 0.6 is 15.9 Å². The number of aromatic nitrogens is 3. The molecule has 0 saturated heterocycles. The number of halogens is 1. The topological polar surface area (TPSA) is 34.8 Å². The van der Waals surface area contributed by atoms with Crippen LogP contribution in [-0.4, -0.2) is 20.9 Å². The van der Waals surface area contributed by atoms with Gasteiger partial charge in [-0.1, -0.05) is 28.1 Å². The van der Waals surface area contributed by atoms with E-state index in [0.29, 0.717) is 0 Å². The van der Waals surface area contributed by atoms with E-state index in [2.05, 4.69) is 87.4 Å². The Morgan fingerprint density at radius 3 is 2.73 bits per heavy atom. The van der Waals surface area contributed by atoms with Gasteiger partial charge in [-0.05, 0) is 49.2 Å². The summed E-state index contributed by atoms with van der Waals surface area (Å²) in [6.45, 7) is 7.90. The minimum Gasteiger partial charge on any atom is -0.341 e. The molecule has 4 aromatic rings. The molecule has 0 bridgehead atoms. The molecule has 1 N–H and O–H groups in total. The molecule has 0 radical (unpaired) electrons. The van der Waals surface area contributed by atoms with E-state index in [9.17, 15) is 0 Å². The number of hydrogen-bond acceptors (Lipinski definition) is 2. The van der Waals surface area contributed by atoms with Crippen LogP contribution in [0.25, 0.3) is 21.8 Å². The summed E-state index contributed by atoms with van der Waals surface area (Å²) in [5, 5.41) is 10.5. The number of nitrogens with zero attached hydrogens (tertiary/aromatic N) is 3. The number of hydrogen-bond donors (Lipinski definition) is 1. The molecule has 0 unspecified atom stereocenters. The Labute approximate surface area is 161 Å². The molecule has 0 fully saturated rings. The van der Waals surface area contributed by atoms with Crippen LogP contribution in [0.5, 0.6) is 0 Å². The molecule has 0 spiro atoms. The van der Waals surface area contributed by atoms with Crippen molar-refractivity contribution in [2.24, 2.45) is 0 Å². The summed E-state index contributed by atoms with van der Waals surface area (Å²) in [7, 11) is 0. The number of benzene rings is 2. The van der Waals surface area contributed by atoms with Gasteiger partial charge in [-0.15, -0.1) is 0 Å². The first-order valence-corrected chi connectivity index (χ1v) is 9.85. The SMILES string of the molecule is CCn1c2ccc(CNCCn3cc(C)cn3)cc2c2ccc(Br)cc21. The summed E-state index contributed by atoms with van der Waals surface area (Å²) in [6.07, 6.45) is 3.97. The fourth-order valence-corrected chi connectivity index (χ4v) is 3.94. The van der Waals surface area contributed by atoms with Crippen LogP contribution in [0.3, 0.4) is 0 Å². The van der Waals surface area contributed by atoms with Crippen LogP contribution in [0, 0.1) is 6.92 Å². The zero-order chi connectivity index (χ0) is 18.1. The zero-order valence-electron chi connectivity index (χ0n) is 15.2. The smallest absolute Gasteiger partial charge is 0.0534 e. The van der Waals surface area contributed by atoms with Gasteiger partial charge < -0.3 is 9.88 Å². The van der Waals surface area contributed by atoms with Crippen molar-refractivity contribution in [2.45, 2.75) is 33.5 Å². The van der Waals surface area contributed by atoms with Crippen molar-refractivity contribution in [3.8, 4) is 0 Å². The van der Waals surface area contributed by atoms with Crippen LogP contribution < -0.4 is 5.32 Å². The van der Waals surface area contributed by atoms with Gasteiger partial charge in [-0.3, -0.25) is 4.68 Å². The van der Waals surface area contributed by atoms with Crippen LogP contribution in [0.4, 0.5) is 0 Å². The highest BCUT2D eigenvalue weighted by atomic mass is 79.9. The molecule has 2 aromatic heterocycles. The second kappa shape index (κ2) is 7.25. The standard InChI is InChI=1S/C21H23BrN4/c1-3-26-20-7-4-16(13-23-8-9-25-14-15(2)12-24-25)10-19(20)18-6-5-17(22)11-21(18)26/h4-7,10-12,14,23H,3,8-9,13H2,1-2H3. The average molecular weight is 411 g/mol. The Kier molecular flexibility index (Phi) is 4.83. The summed E-state index contributed by atoms with van der Waals surface area (Å²) in [5.41, 5.74) is 5.11. The van der Waals surface area contributed by atoms with Crippen molar-refractivity contribution in [3.05, 3.63) is 64.4 Å². The van der Waals surface area contributed by atoms with Crippen LogP contribution in [0.1, 0.15) is 18.1 Å². The summed E-state index contributed by atoms with van der Waals surface area (Å²) in [6, 6.07) is 13.4. The van der Waals surface area contributed by atoms with E-state index in [1.165, 1.54) is 32.9 Å². The Bertz CT molecular complexity index is 1060. The Morgan fingerprint density at radius 2 is 1.96 bits per heavy atom. The van der Waals surface area contributed by atoms with Crippen molar-refractivity contribution < 1.29 is 0 Å². The summed E-state index contributed by atoms with van der Waals surface area (Å²) < 4.78 is 5.49. The Morgan fingerprint density at radius 1 is 1.08 bits per heavy atom. The van der Waals surface area contributed by atoms with Gasteiger partial charge in [0, 0.05) is 46.6 Å². The molecular formula is C21H23BrN4. The Hall–Kier alpha value is -2.11. The fraction of sp³-hybridized carbons (Fsp3) is 0.286. The van der Waals surface area contributed by atoms with Gasteiger partial charge in [0.15, 0.2) is 0 Å².